The van der Waals surface area contributed by atoms with E-state index >= 15 is 0 Å². The van der Waals surface area contributed by atoms with Crippen LogP contribution < -0.4 is 4.90 Å². The van der Waals surface area contributed by atoms with E-state index in [1.165, 1.54) is 12.0 Å². The number of aromatic nitrogens is 1. The van der Waals surface area contributed by atoms with E-state index in [0.29, 0.717) is 5.76 Å². The number of carbonyl (C=O) groups is 2. The number of rotatable bonds is 5. The average molecular weight is 302 g/mol. The molecule has 0 fully saturated rings. The van der Waals surface area contributed by atoms with E-state index in [2.05, 4.69) is 9.89 Å². The van der Waals surface area contributed by atoms with Gasteiger partial charge in [-0.25, -0.2) is 0 Å². The summed E-state index contributed by atoms with van der Waals surface area (Å²) in [5, 5.41) is 3.76. The number of benzene rings is 1. The molecule has 0 atom stereocenters. The van der Waals surface area contributed by atoms with E-state index in [9.17, 15) is 9.59 Å². The minimum absolute atomic E-state index is 0.105. The van der Waals surface area contributed by atoms with Crippen molar-refractivity contribution in [2.24, 2.45) is 0 Å². The third kappa shape index (κ3) is 3.52. The summed E-state index contributed by atoms with van der Waals surface area (Å²) >= 11 is 0. The summed E-state index contributed by atoms with van der Waals surface area (Å²) in [7, 11) is 1.32. The number of methoxy groups -OCH3 is 1. The van der Waals surface area contributed by atoms with Crippen LogP contribution in [0.3, 0.4) is 0 Å². The number of nitrogens with zero attached hydrogens (tertiary/aromatic N) is 2. The maximum Gasteiger partial charge on any atom is 0.307 e. The van der Waals surface area contributed by atoms with Gasteiger partial charge in [0.15, 0.2) is 5.69 Å². The zero-order valence-electron chi connectivity index (χ0n) is 12.8. The molecule has 0 aliphatic rings. The van der Waals surface area contributed by atoms with Gasteiger partial charge in [-0.3, -0.25) is 9.59 Å². The highest BCUT2D eigenvalue weighted by Crippen LogP contribution is 2.22. The molecule has 0 saturated carbocycles. The van der Waals surface area contributed by atoms with Crippen LogP contribution in [0.4, 0.5) is 5.69 Å². The first-order valence-corrected chi connectivity index (χ1v) is 6.90. The molecular weight excluding hydrogens is 284 g/mol. The minimum atomic E-state index is -0.372. The highest BCUT2D eigenvalue weighted by Gasteiger charge is 2.23. The van der Waals surface area contributed by atoms with Crippen molar-refractivity contribution in [3.63, 3.8) is 0 Å². The lowest BCUT2D eigenvalue weighted by atomic mass is 10.1. The lowest BCUT2D eigenvalue weighted by molar-refractivity contribution is -0.140. The van der Waals surface area contributed by atoms with E-state index in [1.807, 2.05) is 31.2 Å². The number of ether oxygens (including phenoxy) is 1. The molecule has 6 heteroatoms. The third-order valence-corrected chi connectivity index (χ3v) is 3.27. The van der Waals surface area contributed by atoms with Gasteiger partial charge in [0.25, 0.3) is 5.91 Å². The van der Waals surface area contributed by atoms with Crippen molar-refractivity contribution in [2.75, 3.05) is 18.6 Å². The maximum atomic E-state index is 12.7. The summed E-state index contributed by atoms with van der Waals surface area (Å²) in [6.45, 7) is 3.83. The standard InChI is InChI=1S/C16H18N2O4/c1-11-6-4-5-7-14(11)18(9-8-15(19)21-3)16(20)13-10-12(2)22-17-13/h4-7,10H,8-9H2,1-3H3. The molecule has 1 heterocycles. The summed E-state index contributed by atoms with van der Waals surface area (Å²) < 4.78 is 9.60. The Morgan fingerprint density at radius 3 is 2.59 bits per heavy atom. The number of hydrogen-bond acceptors (Lipinski definition) is 5. The predicted molar refractivity (Wildman–Crippen MR) is 80.7 cm³/mol. The highest BCUT2D eigenvalue weighted by atomic mass is 16.5. The van der Waals surface area contributed by atoms with Crippen LogP contribution in [0, 0.1) is 13.8 Å². The van der Waals surface area contributed by atoms with Crippen molar-refractivity contribution in [1.82, 2.24) is 5.16 Å². The van der Waals surface area contributed by atoms with Gasteiger partial charge in [0.2, 0.25) is 0 Å². The summed E-state index contributed by atoms with van der Waals surface area (Å²) in [5.41, 5.74) is 1.88. The predicted octanol–water partition coefficient (Wildman–Crippen LogP) is 2.50. The Labute approximate surface area is 128 Å². The number of anilines is 1. The van der Waals surface area contributed by atoms with Crippen molar-refractivity contribution >= 4 is 17.6 Å². The first-order valence-electron chi connectivity index (χ1n) is 6.90. The van der Waals surface area contributed by atoms with Crippen LogP contribution in [0.2, 0.25) is 0 Å². The van der Waals surface area contributed by atoms with Crippen molar-refractivity contribution in [2.45, 2.75) is 20.3 Å². The molecule has 1 aromatic heterocycles. The second-order valence-electron chi connectivity index (χ2n) is 4.89. The number of aryl methyl sites for hydroxylation is 2. The molecule has 0 radical (unpaired) electrons. The lowest BCUT2D eigenvalue weighted by Crippen LogP contribution is -2.34. The fourth-order valence-electron chi connectivity index (χ4n) is 2.11. The molecule has 0 unspecified atom stereocenters. The Morgan fingerprint density at radius 2 is 2.00 bits per heavy atom. The molecule has 22 heavy (non-hydrogen) atoms. The second kappa shape index (κ2) is 6.89. The number of carbonyl (C=O) groups excluding carboxylic acids is 2. The van der Waals surface area contributed by atoms with Gasteiger partial charge in [-0.1, -0.05) is 23.4 Å². The van der Waals surface area contributed by atoms with Gasteiger partial charge >= 0.3 is 5.97 Å². The van der Waals surface area contributed by atoms with Crippen LogP contribution in [-0.2, 0) is 9.53 Å². The minimum Gasteiger partial charge on any atom is -0.469 e. The van der Waals surface area contributed by atoms with Gasteiger partial charge in [0.1, 0.15) is 5.76 Å². The van der Waals surface area contributed by atoms with Gasteiger partial charge < -0.3 is 14.2 Å². The van der Waals surface area contributed by atoms with Gasteiger partial charge in [-0.15, -0.1) is 0 Å². The lowest BCUT2D eigenvalue weighted by Gasteiger charge is -2.23. The second-order valence-corrected chi connectivity index (χ2v) is 4.89. The fraction of sp³-hybridized carbons (Fsp3) is 0.312. The molecule has 0 saturated heterocycles. The third-order valence-electron chi connectivity index (χ3n) is 3.27. The van der Waals surface area contributed by atoms with Crippen molar-refractivity contribution in [3.8, 4) is 0 Å². The van der Waals surface area contributed by atoms with Crippen LogP contribution in [0.15, 0.2) is 34.9 Å². The van der Waals surface area contributed by atoms with Crippen LogP contribution in [0.5, 0.6) is 0 Å². The monoisotopic (exact) mass is 302 g/mol. The van der Waals surface area contributed by atoms with Gasteiger partial charge in [0.05, 0.1) is 13.5 Å². The Kier molecular flexibility index (Phi) is 4.93. The Hall–Kier alpha value is -2.63. The summed E-state index contributed by atoms with van der Waals surface area (Å²) in [6.07, 6.45) is 0.105. The molecule has 0 aliphatic carbocycles. The summed E-state index contributed by atoms with van der Waals surface area (Å²) in [4.78, 5) is 25.6. The number of amides is 1. The molecule has 6 nitrogen and oxygen atoms in total. The first kappa shape index (κ1) is 15.8. The highest BCUT2D eigenvalue weighted by molar-refractivity contribution is 6.05. The maximum absolute atomic E-state index is 12.7. The Bertz CT molecular complexity index is 678. The number of hydrogen-bond donors (Lipinski definition) is 0. The smallest absolute Gasteiger partial charge is 0.307 e. The molecule has 0 aliphatic heterocycles. The van der Waals surface area contributed by atoms with E-state index in [4.69, 9.17) is 4.52 Å². The molecule has 2 aromatic rings. The molecule has 0 bridgehead atoms. The topological polar surface area (TPSA) is 72.6 Å². The molecule has 2 rings (SSSR count). The largest absolute Gasteiger partial charge is 0.469 e. The van der Waals surface area contributed by atoms with E-state index in [1.54, 1.807) is 13.0 Å². The fourth-order valence-corrected chi connectivity index (χ4v) is 2.11. The molecule has 0 N–H and O–H groups in total. The van der Waals surface area contributed by atoms with E-state index in [0.717, 1.165) is 11.3 Å². The Balaban J connectivity index is 2.31. The van der Waals surface area contributed by atoms with Gasteiger partial charge in [-0.2, -0.15) is 0 Å². The summed E-state index contributed by atoms with van der Waals surface area (Å²) in [5.74, 6) is -0.126. The van der Waals surface area contributed by atoms with Crippen molar-refractivity contribution in [1.29, 1.82) is 0 Å². The quantitative estimate of drug-likeness (QED) is 0.793. The van der Waals surface area contributed by atoms with Crippen molar-refractivity contribution in [3.05, 3.63) is 47.3 Å². The summed E-state index contributed by atoms with van der Waals surface area (Å²) in [6, 6.07) is 9.04. The molecule has 0 spiro atoms. The molecular formula is C16H18N2O4. The van der Waals surface area contributed by atoms with Gasteiger partial charge in [-0.05, 0) is 25.5 Å². The molecule has 1 amide bonds. The van der Waals surface area contributed by atoms with E-state index < -0.39 is 0 Å². The Morgan fingerprint density at radius 1 is 1.27 bits per heavy atom. The van der Waals surface area contributed by atoms with Crippen LogP contribution in [0.1, 0.15) is 28.2 Å². The van der Waals surface area contributed by atoms with Crippen LogP contribution >= 0.6 is 0 Å². The average Bonchev–Trinajstić information content (AvgIpc) is 2.95. The number of esters is 1. The number of para-hydroxylation sites is 1. The zero-order chi connectivity index (χ0) is 16.1. The van der Waals surface area contributed by atoms with Crippen LogP contribution in [-0.4, -0.2) is 30.7 Å². The molecule has 1 aromatic carbocycles. The molecule has 116 valence electrons. The van der Waals surface area contributed by atoms with Crippen LogP contribution in [0.25, 0.3) is 0 Å². The zero-order valence-corrected chi connectivity index (χ0v) is 12.8. The van der Waals surface area contributed by atoms with E-state index in [-0.39, 0.29) is 30.5 Å². The normalized spacial score (nSPS) is 10.3. The SMILES string of the molecule is COC(=O)CCN(C(=O)c1cc(C)on1)c1ccccc1C. The first-order chi connectivity index (χ1) is 10.5. The van der Waals surface area contributed by atoms with Crippen molar-refractivity contribution < 1.29 is 18.8 Å². The van der Waals surface area contributed by atoms with Gasteiger partial charge in [0, 0.05) is 18.3 Å².